The maximum absolute atomic E-state index is 12.5. The first-order valence-corrected chi connectivity index (χ1v) is 6.89. The summed E-state index contributed by atoms with van der Waals surface area (Å²) in [7, 11) is 0. The van der Waals surface area contributed by atoms with Gasteiger partial charge in [0.2, 0.25) is 5.88 Å². The largest absolute Gasteiger partial charge is 0.477 e. The Morgan fingerprint density at radius 1 is 1.33 bits per heavy atom. The monoisotopic (exact) mass is 304 g/mol. The Morgan fingerprint density at radius 2 is 2.10 bits per heavy atom. The molecule has 0 saturated carbocycles. The summed E-state index contributed by atoms with van der Waals surface area (Å²) in [5.41, 5.74) is 0. The van der Waals surface area contributed by atoms with Gasteiger partial charge in [0.15, 0.2) is 5.82 Å². The first kappa shape index (κ1) is 15.8. The summed E-state index contributed by atoms with van der Waals surface area (Å²) in [6.45, 7) is 4.59. The van der Waals surface area contributed by atoms with Crippen LogP contribution in [-0.2, 0) is 0 Å². The zero-order valence-corrected chi connectivity index (χ0v) is 12.1. The number of halogens is 3. The number of aromatic nitrogens is 2. The van der Waals surface area contributed by atoms with E-state index in [9.17, 15) is 13.2 Å². The van der Waals surface area contributed by atoms with E-state index in [2.05, 4.69) is 9.97 Å². The molecule has 2 heterocycles. The lowest BCUT2D eigenvalue weighted by Crippen LogP contribution is -2.54. The summed E-state index contributed by atoms with van der Waals surface area (Å²) in [6, 6.07) is -0.196. The van der Waals surface area contributed by atoms with Gasteiger partial charge in [0.05, 0.1) is 25.5 Å². The second-order valence-corrected chi connectivity index (χ2v) is 5.03. The maximum Gasteiger partial charge on any atom is 0.401 e. The predicted molar refractivity (Wildman–Crippen MR) is 72.5 cm³/mol. The van der Waals surface area contributed by atoms with Crippen LogP contribution in [0.2, 0.25) is 0 Å². The van der Waals surface area contributed by atoms with E-state index in [0.29, 0.717) is 37.9 Å². The minimum absolute atomic E-state index is 0.196. The van der Waals surface area contributed by atoms with Crippen LogP contribution in [0.25, 0.3) is 0 Å². The quantitative estimate of drug-likeness (QED) is 0.850. The highest BCUT2D eigenvalue weighted by Gasteiger charge is 2.35. The predicted octanol–water partition coefficient (Wildman–Crippen LogP) is 1.95. The third-order valence-electron chi connectivity index (χ3n) is 3.36. The molecule has 0 amide bonds. The number of nitrogens with zero attached hydrogens (tertiary/aromatic N) is 4. The molecule has 1 aromatic heterocycles. The smallest absolute Gasteiger partial charge is 0.401 e. The van der Waals surface area contributed by atoms with Crippen LogP contribution in [0.5, 0.6) is 5.88 Å². The standard InChI is InChI=1S/C13H19F3N4O/c1-3-21-12-7-17-6-11(18-12)19-4-5-20(10(2)8-19)9-13(14,15)16/h6-7,10H,3-5,8-9H2,1-2H3. The fraction of sp³-hybridized carbons (Fsp3) is 0.692. The Kier molecular flexibility index (Phi) is 4.87. The second kappa shape index (κ2) is 6.46. The van der Waals surface area contributed by atoms with Crippen LogP contribution in [0.15, 0.2) is 12.4 Å². The van der Waals surface area contributed by atoms with E-state index in [-0.39, 0.29) is 6.04 Å². The van der Waals surface area contributed by atoms with Crippen molar-refractivity contribution in [1.82, 2.24) is 14.9 Å². The Hall–Kier alpha value is -1.57. The Balaban J connectivity index is 2.00. The van der Waals surface area contributed by atoms with Gasteiger partial charge in [-0.3, -0.25) is 9.88 Å². The highest BCUT2D eigenvalue weighted by Crippen LogP contribution is 2.22. The summed E-state index contributed by atoms with van der Waals surface area (Å²) in [5, 5.41) is 0. The van der Waals surface area contributed by atoms with Crippen molar-refractivity contribution in [3.63, 3.8) is 0 Å². The van der Waals surface area contributed by atoms with Gasteiger partial charge >= 0.3 is 6.18 Å². The van der Waals surface area contributed by atoms with Crippen LogP contribution in [0, 0.1) is 0 Å². The van der Waals surface area contributed by atoms with Crippen molar-refractivity contribution in [3.8, 4) is 5.88 Å². The summed E-state index contributed by atoms with van der Waals surface area (Å²) in [4.78, 5) is 11.8. The third-order valence-corrected chi connectivity index (χ3v) is 3.36. The molecule has 1 unspecified atom stereocenters. The topological polar surface area (TPSA) is 41.5 Å². The highest BCUT2D eigenvalue weighted by atomic mass is 19.4. The van der Waals surface area contributed by atoms with E-state index in [1.807, 2.05) is 11.8 Å². The zero-order valence-electron chi connectivity index (χ0n) is 12.1. The van der Waals surface area contributed by atoms with Gasteiger partial charge in [-0.1, -0.05) is 0 Å². The molecule has 0 N–H and O–H groups in total. The molecule has 0 bridgehead atoms. The molecule has 0 aliphatic carbocycles. The molecular weight excluding hydrogens is 285 g/mol. The van der Waals surface area contributed by atoms with Gasteiger partial charge < -0.3 is 9.64 Å². The minimum Gasteiger partial charge on any atom is -0.477 e. The van der Waals surface area contributed by atoms with E-state index < -0.39 is 12.7 Å². The molecule has 0 aromatic carbocycles. The van der Waals surface area contributed by atoms with Crippen LogP contribution in [0.4, 0.5) is 19.0 Å². The molecule has 0 radical (unpaired) electrons. The van der Waals surface area contributed by atoms with Crippen LogP contribution >= 0.6 is 0 Å². The molecule has 1 atom stereocenters. The second-order valence-electron chi connectivity index (χ2n) is 5.03. The molecule has 1 saturated heterocycles. The van der Waals surface area contributed by atoms with E-state index in [0.717, 1.165) is 0 Å². The number of rotatable bonds is 4. The van der Waals surface area contributed by atoms with Crippen molar-refractivity contribution in [2.24, 2.45) is 0 Å². The number of ether oxygens (including phenoxy) is 1. The maximum atomic E-state index is 12.5. The van der Waals surface area contributed by atoms with Crippen molar-refractivity contribution in [1.29, 1.82) is 0 Å². The van der Waals surface area contributed by atoms with Gasteiger partial charge in [-0.05, 0) is 13.8 Å². The first-order chi connectivity index (χ1) is 9.89. The first-order valence-electron chi connectivity index (χ1n) is 6.89. The number of hydrogen-bond acceptors (Lipinski definition) is 5. The number of alkyl halides is 3. The third kappa shape index (κ3) is 4.45. The fourth-order valence-corrected chi connectivity index (χ4v) is 2.38. The fourth-order valence-electron chi connectivity index (χ4n) is 2.38. The summed E-state index contributed by atoms with van der Waals surface area (Å²) in [6.07, 6.45) is -1.03. The molecule has 1 fully saturated rings. The van der Waals surface area contributed by atoms with Crippen molar-refractivity contribution in [2.75, 3.05) is 37.7 Å². The molecule has 8 heteroatoms. The average Bonchev–Trinajstić information content (AvgIpc) is 2.40. The zero-order chi connectivity index (χ0) is 15.5. The number of hydrogen-bond donors (Lipinski definition) is 0. The minimum atomic E-state index is -4.16. The summed E-state index contributed by atoms with van der Waals surface area (Å²) in [5.74, 6) is 1.07. The van der Waals surface area contributed by atoms with Crippen molar-refractivity contribution < 1.29 is 17.9 Å². The van der Waals surface area contributed by atoms with Gasteiger partial charge in [-0.25, -0.2) is 0 Å². The molecule has 1 aliphatic heterocycles. The Morgan fingerprint density at radius 3 is 2.71 bits per heavy atom. The van der Waals surface area contributed by atoms with E-state index >= 15 is 0 Å². The molecule has 2 rings (SSSR count). The van der Waals surface area contributed by atoms with Crippen molar-refractivity contribution in [3.05, 3.63) is 12.4 Å². The van der Waals surface area contributed by atoms with Gasteiger partial charge in [0, 0.05) is 25.7 Å². The highest BCUT2D eigenvalue weighted by molar-refractivity contribution is 5.38. The normalized spacial score (nSPS) is 20.6. The lowest BCUT2D eigenvalue weighted by molar-refractivity contribution is -0.150. The van der Waals surface area contributed by atoms with Gasteiger partial charge in [-0.15, -0.1) is 0 Å². The number of piperazine rings is 1. The average molecular weight is 304 g/mol. The van der Waals surface area contributed by atoms with E-state index in [1.165, 1.54) is 11.1 Å². The molecule has 118 valence electrons. The van der Waals surface area contributed by atoms with Crippen molar-refractivity contribution in [2.45, 2.75) is 26.1 Å². The summed E-state index contributed by atoms with van der Waals surface area (Å²) < 4.78 is 42.7. The lowest BCUT2D eigenvalue weighted by Gasteiger charge is -2.40. The van der Waals surface area contributed by atoms with Crippen molar-refractivity contribution >= 4 is 5.82 Å². The van der Waals surface area contributed by atoms with Gasteiger partial charge in [-0.2, -0.15) is 18.2 Å². The van der Waals surface area contributed by atoms with E-state index in [4.69, 9.17) is 4.74 Å². The Labute approximate surface area is 121 Å². The SMILES string of the molecule is CCOc1cncc(N2CCN(CC(F)(F)F)C(C)C2)n1. The molecule has 21 heavy (non-hydrogen) atoms. The van der Waals surface area contributed by atoms with Crippen LogP contribution < -0.4 is 9.64 Å². The summed E-state index contributed by atoms with van der Waals surface area (Å²) >= 11 is 0. The van der Waals surface area contributed by atoms with Gasteiger partial charge in [0.25, 0.3) is 0 Å². The van der Waals surface area contributed by atoms with E-state index in [1.54, 1.807) is 13.1 Å². The molecular formula is C13H19F3N4O. The molecule has 0 spiro atoms. The number of anilines is 1. The van der Waals surface area contributed by atoms with Crippen LogP contribution in [-0.4, -0.2) is 59.9 Å². The lowest BCUT2D eigenvalue weighted by atomic mass is 10.2. The molecule has 1 aromatic rings. The van der Waals surface area contributed by atoms with Gasteiger partial charge in [0.1, 0.15) is 0 Å². The Bertz CT molecular complexity index is 469. The molecule has 5 nitrogen and oxygen atoms in total. The van der Waals surface area contributed by atoms with Crippen LogP contribution in [0.3, 0.4) is 0 Å². The van der Waals surface area contributed by atoms with Crippen LogP contribution in [0.1, 0.15) is 13.8 Å². The molecule has 1 aliphatic rings.